The van der Waals surface area contributed by atoms with Gasteiger partial charge in [-0.3, -0.25) is 5.32 Å². The topological polar surface area (TPSA) is 50.9 Å². The van der Waals surface area contributed by atoms with Gasteiger partial charge in [-0.1, -0.05) is 6.07 Å². The Morgan fingerprint density at radius 2 is 2.05 bits per heavy atom. The van der Waals surface area contributed by atoms with Gasteiger partial charge >= 0.3 is 0 Å². The third-order valence-corrected chi connectivity index (χ3v) is 4.55. The number of nitrogens with zero attached hydrogens (tertiary/aromatic N) is 1. The van der Waals surface area contributed by atoms with Crippen molar-refractivity contribution in [3.05, 3.63) is 30.0 Å². The van der Waals surface area contributed by atoms with Gasteiger partial charge < -0.3 is 15.2 Å². The van der Waals surface area contributed by atoms with Crippen LogP contribution in [0.25, 0.3) is 10.9 Å². The van der Waals surface area contributed by atoms with Crippen LogP contribution >= 0.6 is 0 Å². The fourth-order valence-corrected chi connectivity index (χ4v) is 3.33. The quantitative estimate of drug-likeness (QED) is 0.748. The average molecular weight is 270 g/mol. The summed E-state index contributed by atoms with van der Waals surface area (Å²) in [5, 5.41) is 11.6. The molecule has 1 unspecified atom stereocenters. The predicted octanol–water partition coefficient (Wildman–Crippen LogP) is 1.99. The van der Waals surface area contributed by atoms with Crippen molar-refractivity contribution < 1.29 is 0 Å². The van der Waals surface area contributed by atoms with Gasteiger partial charge in [-0.2, -0.15) is 0 Å². The Kier molecular flexibility index (Phi) is 2.93. The van der Waals surface area contributed by atoms with Crippen LogP contribution in [0.5, 0.6) is 0 Å². The minimum absolute atomic E-state index is 0.469. The van der Waals surface area contributed by atoms with Crippen molar-refractivity contribution in [3.8, 4) is 0 Å². The molecular weight excluding hydrogens is 248 g/mol. The Bertz CT molecular complexity index is 621. The minimum atomic E-state index is 0.469. The summed E-state index contributed by atoms with van der Waals surface area (Å²) >= 11 is 0. The van der Waals surface area contributed by atoms with Gasteiger partial charge in [0.2, 0.25) is 0 Å². The van der Waals surface area contributed by atoms with Gasteiger partial charge in [-0.25, -0.2) is 0 Å². The van der Waals surface area contributed by atoms with Crippen LogP contribution in [0.4, 0.5) is 5.69 Å². The number of hydrogen-bond donors (Lipinski definition) is 3. The summed E-state index contributed by atoms with van der Waals surface area (Å²) in [4.78, 5) is 0. The second-order valence-electron chi connectivity index (χ2n) is 6.06. The molecule has 2 fully saturated rings. The van der Waals surface area contributed by atoms with E-state index in [1.54, 1.807) is 0 Å². The monoisotopic (exact) mass is 270 g/mol. The molecule has 2 aliphatic rings. The highest BCUT2D eigenvalue weighted by atomic mass is 15.3. The van der Waals surface area contributed by atoms with Gasteiger partial charge in [0.1, 0.15) is 0 Å². The molecule has 1 aromatic heterocycles. The number of fused-ring (bicyclic) bond motifs is 1. The average Bonchev–Trinajstić information content (AvgIpc) is 3.24. The van der Waals surface area contributed by atoms with Gasteiger partial charge in [0.25, 0.3) is 0 Å². The molecule has 4 rings (SSSR count). The highest BCUT2D eigenvalue weighted by Crippen LogP contribution is 2.33. The first-order chi connectivity index (χ1) is 9.81. The molecule has 1 atom stereocenters. The summed E-state index contributed by atoms with van der Waals surface area (Å²) in [6, 6.07) is 6.78. The number of nitrogens with one attached hydrogen (secondary N) is 3. The molecule has 0 bridgehead atoms. The van der Waals surface area contributed by atoms with Crippen molar-refractivity contribution >= 4 is 16.6 Å². The van der Waals surface area contributed by atoms with E-state index in [0.29, 0.717) is 12.1 Å². The van der Waals surface area contributed by atoms with E-state index < -0.39 is 0 Å². The first kappa shape index (κ1) is 12.2. The Morgan fingerprint density at radius 3 is 2.80 bits per heavy atom. The van der Waals surface area contributed by atoms with Gasteiger partial charge in [0.05, 0.1) is 11.7 Å². The van der Waals surface area contributed by atoms with E-state index in [2.05, 4.69) is 52.0 Å². The second-order valence-corrected chi connectivity index (χ2v) is 6.06. The number of aryl methyl sites for hydroxylation is 1. The first-order valence-electron chi connectivity index (χ1n) is 7.61. The molecule has 0 spiro atoms. The number of piperidine rings is 1. The third-order valence-electron chi connectivity index (χ3n) is 4.55. The molecule has 2 aliphatic heterocycles. The summed E-state index contributed by atoms with van der Waals surface area (Å²) in [5.74, 6) is 0.712. The minimum Gasteiger partial charge on any atom is -0.369 e. The van der Waals surface area contributed by atoms with E-state index in [1.807, 2.05) is 0 Å². The molecular formula is C16H22N4. The molecule has 4 nitrogen and oxygen atoms in total. The summed E-state index contributed by atoms with van der Waals surface area (Å²) in [5.41, 5.74) is 4.08. The van der Waals surface area contributed by atoms with E-state index >= 15 is 0 Å². The molecule has 4 heteroatoms. The lowest BCUT2D eigenvalue weighted by molar-refractivity contribution is 0.462. The molecule has 0 radical (unpaired) electrons. The van der Waals surface area contributed by atoms with Crippen LogP contribution in [-0.2, 0) is 7.05 Å². The molecule has 3 heterocycles. The van der Waals surface area contributed by atoms with E-state index in [-0.39, 0.29) is 0 Å². The molecule has 3 N–H and O–H groups in total. The molecule has 0 saturated carbocycles. The van der Waals surface area contributed by atoms with E-state index in [1.165, 1.54) is 35.0 Å². The van der Waals surface area contributed by atoms with Crippen LogP contribution in [0.1, 0.15) is 24.3 Å². The number of benzene rings is 1. The number of aromatic nitrogens is 1. The fourth-order valence-electron chi connectivity index (χ4n) is 3.33. The maximum absolute atomic E-state index is 3.49. The molecule has 2 saturated heterocycles. The molecule has 20 heavy (non-hydrogen) atoms. The van der Waals surface area contributed by atoms with Crippen LogP contribution in [-0.4, -0.2) is 30.4 Å². The van der Waals surface area contributed by atoms with Crippen molar-refractivity contribution in [2.45, 2.75) is 24.9 Å². The summed E-state index contributed by atoms with van der Waals surface area (Å²) in [7, 11) is 2.16. The van der Waals surface area contributed by atoms with Crippen LogP contribution in [0, 0.1) is 0 Å². The van der Waals surface area contributed by atoms with Crippen LogP contribution in [0.3, 0.4) is 0 Å². The smallest absolute Gasteiger partial charge is 0.0897 e. The maximum Gasteiger partial charge on any atom is 0.0897 e. The lowest BCUT2D eigenvalue weighted by atomic mass is 9.90. The van der Waals surface area contributed by atoms with Gasteiger partial charge in [-0.15, -0.1) is 0 Å². The zero-order valence-electron chi connectivity index (χ0n) is 11.9. The first-order valence-corrected chi connectivity index (χ1v) is 7.61. The fraction of sp³-hybridized carbons (Fsp3) is 0.500. The van der Waals surface area contributed by atoms with Crippen molar-refractivity contribution in [3.63, 3.8) is 0 Å². The SMILES string of the molecule is Cn1cc(C2CCNCC2)c2ccc(NC3CN3)cc21. The molecule has 106 valence electrons. The lowest BCUT2D eigenvalue weighted by Crippen LogP contribution is -2.26. The van der Waals surface area contributed by atoms with Crippen molar-refractivity contribution in [2.24, 2.45) is 7.05 Å². The highest BCUT2D eigenvalue weighted by Gasteiger charge is 2.21. The van der Waals surface area contributed by atoms with Crippen LogP contribution < -0.4 is 16.0 Å². The van der Waals surface area contributed by atoms with Crippen molar-refractivity contribution in [2.75, 3.05) is 25.0 Å². The second kappa shape index (κ2) is 4.79. The maximum atomic E-state index is 3.49. The van der Waals surface area contributed by atoms with Crippen LogP contribution in [0.2, 0.25) is 0 Å². The number of anilines is 1. The number of hydrogen-bond acceptors (Lipinski definition) is 3. The van der Waals surface area contributed by atoms with Crippen LogP contribution in [0.15, 0.2) is 24.4 Å². The summed E-state index contributed by atoms with van der Waals surface area (Å²) < 4.78 is 2.28. The van der Waals surface area contributed by atoms with Gasteiger partial charge in [0, 0.05) is 30.9 Å². The molecule has 2 aromatic rings. The molecule has 0 aliphatic carbocycles. The number of rotatable bonds is 3. The van der Waals surface area contributed by atoms with Gasteiger partial charge in [0.15, 0.2) is 0 Å². The van der Waals surface area contributed by atoms with Crippen molar-refractivity contribution in [1.29, 1.82) is 0 Å². The molecule has 0 amide bonds. The Balaban J connectivity index is 1.70. The standard InChI is InChI=1S/C16H22N4/c1-20-10-14(11-4-6-17-7-5-11)13-3-2-12(8-15(13)20)19-16-9-18-16/h2-3,8,10-11,16-19H,4-7,9H2,1H3. The van der Waals surface area contributed by atoms with E-state index in [4.69, 9.17) is 0 Å². The van der Waals surface area contributed by atoms with Gasteiger partial charge in [-0.05, 0) is 49.5 Å². The molecule has 1 aromatic carbocycles. The predicted molar refractivity (Wildman–Crippen MR) is 83.2 cm³/mol. The zero-order chi connectivity index (χ0) is 13.5. The summed E-state index contributed by atoms with van der Waals surface area (Å²) in [6.07, 6.45) is 5.31. The zero-order valence-corrected chi connectivity index (χ0v) is 11.9. The van der Waals surface area contributed by atoms with E-state index in [0.717, 1.165) is 19.6 Å². The Morgan fingerprint density at radius 1 is 1.25 bits per heavy atom. The largest absolute Gasteiger partial charge is 0.369 e. The Hall–Kier alpha value is -1.52. The summed E-state index contributed by atoms with van der Waals surface area (Å²) in [6.45, 7) is 3.37. The highest BCUT2D eigenvalue weighted by molar-refractivity contribution is 5.87. The lowest BCUT2D eigenvalue weighted by Gasteiger charge is -2.22. The Labute approximate surface area is 119 Å². The third kappa shape index (κ3) is 2.19. The van der Waals surface area contributed by atoms with Crippen molar-refractivity contribution in [1.82, 2.24) is 15.2 Å². The van der Waals surface area contributed by atoms with E-state index in [9.17, 15) is 0 Å². The normalized spacial score (nSPS) is 23.1.